The van der Waals surface area contributed by atoms with Crippen molar-refractivity contribution in [2.45, 2.75) is 26.4 Å². The number of anilines is 1. The quantitative estimate of drug-likeness (QED) is 0.673. The predicted molar refractivity (Wildman–Crippen MR) is 77.8 cm³/mol. The van der Waals surface area contributed by atoms with E-state index in [0.717, 1.165) is 5.69 Å². The van der Waals surface area contributed by atoms with Crippen molar-refractivity contribution < 1.29 is 4.92 Å². The van der Waals surface area contributed by atoms with Gasteiger partial charge in [-0.3, -0.25) is 10.1 Å². The minimum atomic E-state index is -0.497. The lowest BCUT2D eigenvalue weighted by atomic mass is 10.2. The number of rotatable bonds is 5. The Morgan fingerprint density at radius 3 is 2.90 bits per heavy atom. The van der Waals surface area contributed by atoms with Crippen LogP contribution in [0.5, 0.6) is 0 Å². The number of nitrogens with zero attached hydrogens (tertiary/aromatic N) is 4. The van der Waals surface area contributed by atoms with E-state index >= 15 is 0 Å². The maximum absolute atomic E-state index is 11.1. The molecule has 2 rings (SSSR count). The summed E-state index contributed by atoms with van der Waals surface area (Å²) in [6, 6.07) is 6.53. The predicted octanol–water partition coefficient (Wildman–Crippen LogP) is 2.86. The van der Waals surface area contributed by atoms with Crippen molar-refractivity contribution in [2.24, 2.45) is 0 Å². The highest BCUT2D eigenvalue weighted by molar-refractivity contribution is 5.64. The van der Waals surface area contributed by atoms with Crippen LogP contribution in [0.3, 0.4) is 0 Å². The lowest BCUT2D eigenvalue weighted by Crippen LogP contribution is -2.09. The van der Waals surface area contributed by atoms with Gasteiger partial charge in [0.1, 0.15) is 5.69 Å². The van der Waals surface area contributed by atoms with Crippen LogP contribution in [-0.4, -0.2) is 14.5 Å². The molecule has 7 heteroatoms. The van der Waals surface area contributed by atoms with Gasteiger partial charge in [-0.25, -0.2) is 4.98 Å². The highest BCUT2D eigenvalue weighted by Crippen LogP contribution is 2.26. The molecule has 0 bridgehead atoms. The second-order valence-corrected chi connectivity index (χ2v) is 4.84. The summed E-state index contributed by atoms with van der Waals surface area (Å²) in [5.41, 5.74) is 1.48. The zero-order chi connectivity index (χ0) is 15.4. The molecule has 21 heavy (non-hydrogen) atoms. The number of nitro benzene ring substituents is 1. The zero-order valence-corrected chi connectivity index (χ0v) is 11.8. The number of benzene rings is 1. The van der Waals surface area contributed by atoms with Gasteiger partial charge in [0.2, 0.25) is 0 Å². The molecule has 0 spiro atoms. The van der Waals surface area contributed by atoms with Crippen molar-refractivity contribution in [1.29, 1.82) is 5.26 Å². The number of nitrogens with one attached hydrogen (secondary N) is 1. The van der Waals surface area contributed by atoms with Crippen molar-refractivity contribution in [2.75, 3.05) is 5.32 Å². The smallest absolute Gasteiger partial charge is 0.293 e. The molecule has 2 aromatic rings. The van der Waals surface area contributed by atoms with Gasteiger partial charge in [0.25, 0.3) is 5.69 Å². The Balaban J connectivity index is 2.22. The van der Waals surface area contributed by atoms with Crippen molar-refractivity contribution in [3.63, 3.8) is 0 Å². The summed E-state index contributed by atoms with van der Waals surface area (Å²) < 4.78 is 1.99. The molecule has 1 aromatic heterocycles. The van der Waals surface area contributed by atoms with Crippen LogP contribution in [0, 0.1) is 21.4 Å². The summed E-state index contributed by atoms with van der Waals surface area (Å²) in [4.78, 5) is 14.7. The second kappa shape index (κ2) is 6.05. The third-order valence-electron chi connectivity index (χ3n) is 3.09. The first-order valence-electron chi connectivity index (χ1n) is 6.46. The molecule has 1 N–H and O–H groups in total. The summed E-state index contributed by atoms with van der Waals surface area (Å²) in [6.45, 7) is 4.50. The van der Waals surface area contributed by atoms with Crippen LogP contribution in [0.25, 0.3) is 0 Å². The lowest BCUT2D eigenvalue weighted by molar-refractivity contribution is -0.384. The fourth-order valence-corrected chi connectivity index (χ4v) is 2.02. The van der Waals surface area contributed by atoms with Crippen LogP contribution in [0.4, 0.5) is 11.4 Å². The van der Waals surface area contributed by atoms with E-state index < -0.39 is 4.92 Å². The molecule has 0 radical (unpaired) electrons. The molecule has 0 saturated carbocycles. The van der Waals surface area contributed by atoms with Gasteiger partial charge in [-0.2, -0.15) is 5.26 Å². The summed E-state index contributed by atoms with van der Waals surface area (Å²) in [6.07, 6.45) is 3.46. The molecule has 0 aliphatic carbocycles. The average molecular weight is 285 g/mol. The molecular weight excluding hydrogens is 270 g/mol. The molecule has 0 aliphatic heterocycles. The number of nitriles is 1. The van der Waals surface area contributed by atoms with E-state index in [1.54, 1.807) is 24.7 Å². The maximum Gasteiger partial charge on any atom is 0.293 e. The first-order valence-corrected chi connectivity index (χ1v) is 6.46. The van der Waals surface area contributed by atoms with Gasteiger partial charge in [-0.15, -0.1) is 0 Å². The summed E-state index contributed by atoms with van der Waals surface area (Å²) in [5, 5.41) is 22.9. The first-order chi connectivity index (χ1) is 10.0. The van der Waals surface area contributed by atoms with E-state index in [-0.39, 0.29) is 17.3 Å². The topological polar surface area (TPSA) is 96.8 Å². The molecule has 0 unspecified atom stereocenters. The maximum atomic E-state index is 11.1. The zero-order valence-electron chi connectivity index (χ0n) is 11.8. The Labute approximate surface area is 122 Å². The third kappa shape index (κ3) is 3.17. The van der Waals surface area contributed by atoms with Crippen LogP contribution in [0.15, 0.2) is 30.7 Å². The largest absolute Gasteiger partial charge is 0.374 e. The number of hydrogen-bond donors (Lipinski definition) is 1. The molecule has 0 fully saturated rings. The Morgan fingerprint density at radius 1 is 1.52 bits per heavy atom. The van der Waals surface area contributed by atoms with E-state index in [1.807, 2.05) is 24.5 Å². The molecular formula is C14H15N5O2. The van der Waals surface area contributed by atoms with Crippen LogP contribution in [-0.2, 0) is 6.54 Å². The second-order valence-electron chi connectivity index (χ2n) is 4.84. The Hall–Kier alpha value is -2.88. The van der Waals surface area contributed by atoms with E-state index in [0.29, 0.717) is 12.2 Å². The van der Waals surface area contributed by atoms with Crippen LogP contribution < -0.4 is 5.32 Å². The van der Waals surface area contributed by atoms with Gasteiger partial charge in [0.15, 0.2) is 0 Å². The van der Waals surface area contributed by atoms with E-state index in [2.05, 4.69) is 10.3 Å². The molecule has 0 atom stereocenters. The summed E-state index contributed by atoms with van der Waals surface area (Å²) in [7, 11) is 0. The number of nitro groups is 1. The molecule has 0 amide bonds. The molecule has 1 heterocycles. The summed E-state index contributed by atoms with van der Waals surface area (Å²) >= 11 is 0. The molecule has 0 aliphatic rings. The molecule has 1 aromatic carbocycles. The average Bonchev–Trinajstić information content (AvgIpc) is 2.93. The van der Waals surface area contributed by atoms with Gasteiger partial charge < -0.3 is 9.88 Å². The van der Waals surface area contributed by atoms with Gasteiger partial charge in [0.05, 0.1) is 35.1 Å². The Morgan fingerprint density at radius 2 is 2.29 bits per heavy atom. The highest BCUT2D eigenvalue weighted by Gasteiger charge is 2.15. The Kier molecular flexibility index (Phi) is 4.18. The minimum absolute atomic E-state index is 0.107. The summed E-state index contributed by atoms with van der Waals surface area (Å²) in [5.74, 6) is 0. The van der Waals surface area contributed by atoms with E-state index in [9.17, 15) is 10.1 Å². The van der Waals surface area contributed by atoms with Crippen molar-refractivity contribution >= 4 is 11.4 Å². The highest BCUT2D eigenvalue weighted by atomic mass is 16.6. The molecule has 108 valence electrons. The molecule has 0 saturated heterocycles. The van der Waals surface area contributed by atoms with Gasteiger partial charge in [-0.1, -0.05) is 0 Å². The number of imidazole rings is 1. The normalized spacial score (nSPS) is 10.4. The van der Waals surface area contributed by atoms with Gasteiger partial charge >= 0.3 is 0 Å². The van der Waals surface area contributed by atoms with E-state index in [1.165, 1.54) is 6.07 Å². The first kappa shape index (κ1) is 14.5. The van der Waals surface area contributed by atoms with Gasteiger partial charge in [-0.05, 0) is 26.0 Å². The fraction of sp³-hybridized carbons (Fsp3) is 0.286. The van der Waals surface area contributed by atoms with Gasteiger partial charge in [0, 0.05) is 18.3 Å². The van der Waals surface area contributed by atoms with Crippen molar-refractivity contribution in [3.05, 3.63) is 52.1 Å². The third-order valence-corrected chi connectivity index (χ3v) is 3.09. The number of hydrogen-bond acceptors (Lipinski definition) is 5. The van der Waals surface area contributed by atoms with E-state index in [4.69, 9.17) is 5.26 Å². The number of aromatic nitrogens is 2. The van der Waals surface area contributed by atoms with Crippen LogP contribution >= 0.6 is 0 Å². The van der Waals surface area contributed by atoms with Crippen molar-refractivity contribution in [3.8, 4) is 6.07 Å². The minimum Gasteiger partial charge on any atom is -0.374 e. The molecule has 7 nitrogen and oxygen atoms in total. The Bertz CT molecular complexity index is 700. The monoisotopic (exact) mass is 285 g/mol. The lowest BCUT2D eigenvalue weighted by Gasteiger charge is -2.13. The SMILES string of the molecule is CC(C)n1cncc1CNc1ccc(C#N)cc1[N+](=O)[O-]. The van der Waals surface area contributed by atoms with Crippen LogP contribution in [0.1, 0.15) is 31.1 Å². The fourth-order valence-electron chi connectivity index (χ4n) is 2.02. The van der Waals surface area contributed by atoms with Crippen molar-refractivity contribution in [1.82, 2.24) is 9.55 Å². The standard InChI is InChI=1S/C14H15N5O2/c1-10(2)18-9-16-7-12(18)8-17-13-4-3-11(6-15)5-14(13)19(20)21/h3-5,7,9-10,17H,8H2,1-2H3. The van der Waals surface area contributed by atoms with Crippen LogP contribution in [0.2, 0.25) is 0 Å².